The Kier molecular flexibility index (Phi) is 4.31. The molecule has 1 aromatic carbocycles. The Labute approximate surface area is 131 Å². The van der Waals surface area contributed by atoms with Crippen LogP contribution in [0.5, 0.6) is 0 Å². The third-order valence-corrected chi connectivity index (χ3v) is 3.79. The van der Waals surface area contributed by atoms with E-state index >= 15 is 0 Å². The molecular formula is C15H17N5O3. The largest absolute Gasteiger partial charge is 0.354 e. The minimum Gasteiger partial charge on any atom is -0.354 e. The van der Waals surface area contributed by atoms with Gasteiger partial charge in [-0.3, -0.25) is 14.4 Å². The van der Waals surface area contributed by atoms with Crippen molar-refractivity contribution in [3.8, 4) is 0 Å². The van der Waals surface area contributed by atoms with Gasteiger partial charge < -0.3 is 10.6 Å². The molecule has 1 aliphatic rings. The smallest absolute Gasteiger partial charge is 0.278 e. The van der Waals surface area contributed by atoms with E-state index in [0.29, 0.717) is 23.9 Å². The van der Waals surface area contributed by atoms with Gasteiger partial charge in [0.1, 0.15) is 18.1 Å². The van der Waals surface area contributed by atoms with Crippen molar-refractivity contribution in [1.29, 1.82) is 0 Å². The molecule has 1 aromatic heterocycles. The van der Waals surface area contributed by atoms with Crippen LogP contribution in [-0.4, -0.2) is 39.4 Å². The number of fused-ring (bicyclic) bond motifs is 1. The highest BCUT2D eigenvalue weighted by Crippen LogP contribution is 2.06. The normalized spacial score (nSPS) is 18.3. The molecule has 8 nitrogen and oxygen atoms in total. The Balaban J connectivity index is 1.74. The summed E-state index contributed by atoms with van der Waals surface area (Å²) in [6, 6.07) is 6.25. The molecule has 0 aliphatic carbocycles. The first-order valence-electron chi connectivity index (χ1n) is 7.55. The number of carbonyl (C=O) groups is 2. The molecule has 0 spiro atoms. The van der Waals surface area contributed by atoms with Gasteiger partial charge in [-0.05, 0) is 31.4 Å². The molecular weight excluding hydrogens is 298 g/mol. The Morgan fingerprint density at radius 3 is 3.00 bits per heavy atom. The lowest BCUT2D eigenvalue weighted by Gasteiger charge is -2.15. The van der Waals surface area contributed by atoms with E-state index < -0.39 is 11.9 Å². The second-order valence-corrected chi connectivity index (χ2v) is 5.48. The second kappa shape index (κ2) is 6.55. The fourth-order valence-corrected chi connectivity index (χ4v) is 2.58. The maximum atomic E-state index is 12.3. The van der Waals surface area contributed by atoms with Crippen molar-refractivity contribution in [2.75, 3.05) is 6.54 Å². The summed E-state index contributed by atoms with van der Waals surface area (Å²) >= 11 is 0. The zero-order valence-corrected chi connectivity index (χ0v) is 12.5. The van der Waals surface area contributed by atoms with Crippen LogP contribution in [-0.2, 0) is 16.1 Å². The number of hydrogen-bond acceptors (Lipinski definition) is 5. The first-order valence-corrected chi connectivity index (χ1v) is 7.55. The van der Waals surface area contributed by atoms with E-state index in [0.717, 1.165) is 17.5 Å². The van der Waals surface area contributed by atoms with E-state index in [1.807, 2.05) is 0 Å². The summed E-state index contributed by atoms with van der Waals surface area (Å²) in [5.41, 5.74) is 0.105. The monoisotopic (exact) mass is 315 g/mol. The quantitative estimate of drug-likeness (QED) is 0.800. The number of aromatic nitrogens is 3. The lowest BCUT2D eigenvalue weighted by atomic mass is 10.1. The third-order valence-electron chi connectivity index (χ3n) is 3.79. The van der Waals surface area contributed by atoms with Crippen LogP contribution in [0.25, 0.3) is 10.9 Å². The van der Waals surface area contributed by atoms with Crippen LogP contribution >= 0.6 is 0 Å². The number of benzene rings is 1. The molecule has 1 fully saturated rings. The number of rotatable bonds is 3. The minimum absolute atomic E-state index is 0.187. The predicted molar refractivity (Wildman–Crippen MR) is 82.6 cm³/mol. The van der Waals surface area contributed by atoms with Crippen molar-refractivity contribution in [2.45, 2.75) is 31.8 Å². The number of carbonyl (C=O) groups excluding carboxylic acids is 2. The minimum atomic E-state index is -0.561. The molecule has 0 radical (unpaired) electrons. The summed E-state index contributed by atoms with van der Waals surface area (Å²) in [6.07, 6.45) is 2.35. The summed E-state index contributed by atoms with van der Waals surface area (Å²) in [5, 5.41) is 13.5. The maximum Gasteiger partial charge on any atom is 0.278 e. The third kappa shape index (κ3) is 3.36. The van der Waals surface area contributed by atoms with Gasteiger partial charge in [-0.2, -0.15) is 0 Å². The Morgan fingerprint density at radius 1 is 1.30 bits per heavy atom. The summed E-state index contributed by atoms with van der Waals surface area (Å²) in [4.78, 5) is 36.2. The number of nitrogens with zero attached hydrogens (tertiary/aromatic N) is 3. The second-order valence-electron chi connectivity index (χ2n) is 5.48. The Hall–Kier alpha value is -2.77. The van der Waals surface area contributed by atoms with Gasteiger partial charge in [-0.15, -0.1) is 5.10 Å². The van der Waals surface area contributed by atoms with Crippen molar-refractivity contribution in [3.05, 3.63) is 34.6 Å². The summed E-state index contributed by atoms with van der Waals surface area (Å²) in [7, 11) is 0. The molecule has 1 saturated heterocycles. The number of hydrogen-bond donors (Lipinski definition) is 2. The molecule has 2 aromatic rings. The van der Waals surface area contributed by atoms with Crippen molar-refractivity contribution in [3.63, 3.8) is 0 Å². The Bertz CT molecular complexity index is 801. The van der Waals surface area contributed by atoms with Crippen LogP contribution < -0.4 is 16.2 Å². The fraction of sp³-hybridized carbons (Fsp3) is 0.400. The van der Waals surface area contributed by atoms with Crippen molar-refractivity contribution in [2.24, 2.45) is 0 Å². The van der Waals surface area contributed by atoms with Gasteiger partial charge >= 0.3 is 0 Å². The average Bonchev–Trinajstić information content (AvgIpc) is 2.75. The number of nitrogens with one attached hydrogen (secondary N) is 2. The van der Waals surface area contributed by atoms with E-state index in [-0.39, 0.29) is 18.0 Å². The topological polar surface area (TPSA) is 106 Å². The average molecular weight is 315 g/mol. The number of amides is 2. The molecule has 2 amide bonds. The van der Waals surface area contributed by atoms with Gasteiger partial charge in [0, 0.05) is 6.54 Å². The van der Waals surface area contributed by atoms with Crippen LogP contribution in [0.3, 0.4) is 0 Å². The molecule has 1 aliphatic heterocycles. The van der Waals surface area contributed by atoms with E-state index in [2.05, 4.69) is 20.9 Å². The predicted octanol–water partition coefficient (Wildman–Crippen LogP) is -0.424. The van der Waals surface area contributed by atoms with Crippen LogP contribution in [0.2, 0.25) is 0 Å². The summed E-state index contributed by atoms with van der Waals surface area (Å²) in [6.45, 7) is 0.362. The Morgan fingerprint density at radius 2 is 2.13 bits per heavy atom. The van der Waals surface area contributed by atoms with Gasteiger partial charge in [0.2, 0.25) is 11.8 Å². The molecule has 2 heterocycles. The van der Waals surface area contributed by atoms with Gasteiger partial charge in [0.05, 0.1) is 5.39 Å². The highest BCUT2D eigenvalue weighted by Gasteiger charge is 2.22. The van der Waals surface area contributed by atoms with Crippen LogP contribution in [0.4, 0.5) is 0 Å². The highest BCUT2D eigenvalue weighted by molar-refractivity contribution is 5.87. The van der Waals surface area contributed by atoms with Crippen molar-refractivity contribution >= 4 is 22.7 Å². The van der Waals surface area contributed by atoms with Crippen molar-refractivity contribution in [1.82, 2.24) is 25.6 Å². The lowest BCUT2D eigenvalue weighted by molar-refractivity contribution is -0.129. The lowest BCUT2D eigenvalue weighted by Crippen LogP contribution is -2.47. The highest BCUT2D eigenvalue weighted by atomic mass is 16.2. The van der Waals surface area contributed by atoms with Gasteiger partial charge in [-0.25, -0.2) is 4.68 Å². The maximum absolute atomic E-state index is 12.3. The molecule has 120 valence electrons. The van der Waals surface area contributed by atoms with Gasteiger partial charge in [-0.1, -0.05) is 17.3 Å². The zero-order valence-electron chi connectivity index (χ0n) is 12.5. The molecule has 2 N–H and O–H groups in total. The first kappa shape index (κ1) is 15.1. The van der Waals surface area contributed by atoms with Gasteiger partial charge in [0.25, 0.3) is 5.56 Å². The molecule has 23 heavy (non-hydrogen) atoms. The van der Waals surface area contributed by atoms with E-state index in [4.69, 9.17) is 0 Å². The molecule has 0 saturated carbocycles. The summed E-state index contributed by atoms with van der Waals surface area (Å²) in [5.74, 6) is -0.619. The molecule has 3 rings (SSSR count). The molecule has 8 heteroatoms. The fourth-order valence-electron chi connectivity index (χ4n) is 2.58. The SMILES string of the molecule is O=C(Cn1nnc2ccccc2c1=O)N[C@@H]1CCCCNC1=O. The van der Waals surface area contributed by atoms with Crippen LogP contribution in [0.1, 0.15) is 19.3 Å². The first-order chi connectivity index (χ1) is 11.1. The van der Waals surface area contributed by atoms with Gasteiger partial charge in [0.15, 0.2) is 0 Å². The summed E-state index contributed by atoms with van der Waals surface area (Å²) < 4.78 is 1.01. The van der Waals surface area contributed by atoms with E-state index in [9.17, 15) is 14.4 Å². The molecule has 0 unspecified atom stereocenters. The van der Waals surface area contributed by atoms with E-state index in [1.165, 1.54) is 0 Å². The van der Waals surface area contributed by atoms with Crippen LogP contribution in [0, 0.1) is 0 Å². The van der Waals surface area contributed by atoms with Crippen LogP contribution in [0.15, 0.2) is 29.1 Å². The van der Waals surface area contributed by atoms with E-state index in [1.54, 1.807) is 24.3 Å². The zero-order chi connectivity index (χ0) is 16.2. The molecule has 1 atom stereocenters. The van der Waals surface area contributed by atoms with Crippen molar-refractivity contribution < 1.29 is 9.59 Å². The molecule has 0 bridgehead atoms. The standard InChI is InChI=1S/C15H17N5O3/c21-13(17-12-7-3-4-8-16-14(12)22)9-20-15(23)10-5-1-2-6-11(10)18-19-20/h1-2,5-6,12H,3-4,7-9H2,(H,16,22)(H,17,21)/t12-/m1/s1.